The smallest absolute Gasteiger partial charge is 0.336 e. The van der Waals surface area contributed by atoms with Gasteiger partial charge in [-0.25, -0.2) is 9.97 Å². The summed E-state index contributed by atoms with van der Waals surface area (Å²) in [6, 6.07) is 1.21. The molecule has 3 nitrogen and oxygen atoms in total. The topological polar surface area (TPSA) is 29.0 Å². The fourth-order valence-electron chi connectivity index (χ4n) is 2.29. The number of anilines is 1. The van der Waals surface area contributed by atoms with E-state index in [1.54, 1.807) is 0 Å². The van der Waals surface area contributed by atoms with Crippen LogP contribution in [0.25, 0.3) is 0 Å². The molecule has 92 valence electrons. The number of nitrogens with zero attached hydrogens (tertiary/aromatic N) is 3. The van der Waals surface area contributed by atoms with Crippen molar-refractivity contribution < 1.29 is 13.2 Å². The predicted octanol–water partition coefficient (Wildman–Crippen LogP) is 2.19. The highest BCUT2D eigenvalue weighted by atomic mass is 32.2. The van der Waals surface area contributed by atoms with Crippen LogP contribution in [0.15, 0.2) is 12.3 Å². The van der Waals surface area contributed by atoms with Crippen LogP contribution in [0.3, 0.4) is 0 Å². The summed E-state index contributed by atoms with van der Waals surface area (Å²) >= 11 is 1.88. The van der Waals surface area contributed by atoms with Crippen molar-refractivity contribution in [3.8, 4) is 0 Å². The molecule has 2 saturated heterocycles. The Bertz CT molecular complexity index is 437. The number of alkyl halides is 3. The first kappa shape index (κ1) is 11.1. The molecule has 0 aromatic carbocycles. The maximum absolute atomic E-state index is 12.5. The molecular weight excluding hydrogens is 251 g/mol. The van der Waals surface area contributed by atoms with Gasteiger partial charge < -0.3 is 4.90 Å². The van der Waals surface area contributed by atoms with E-state index in [0.717, 1.165) is 24.8 Å². The highest BCUT2D eigenvalue weighted by Gasteiger charge is 2.40. The lowest BCUT2D eigenvalue weighted by Gasteiger charge is -2.26. The zero-order valence-corrected chi connectivity index (χ0v) is 9.63. The first-order valence-corrected chi connectivity index (χ1v) is 6.37. The van der Waals surface area contributed by atoms with Gasteiger partial charge in [0.2, 0.25) is 5.95 Å². The Hall–Kier alpha value is -0.980. The van der Waals surface area contributed by atoms with Crippen LogP contribution < -0.4 is 4.90 Å². The Balaban J connectivity index is 1.89. The zero-order chi connectivity index (χ0) is 12.0. The summed E-state index contributed by atoms with van der Waals surface area (Å²) in [5.41, 5.74) is -0.863. The second-order valence-corrected chi connectivity index (χ2v) is 5.57. The van der Waals surface area contributed by atoms with E-state index >= 15 is 0 Å². The van der Waals surface area contributed by atoms with Crippen molar-refractivity contribution in [2.75, 3.05) is 17.2 Å². The Morgan fingerprint density at radius 2 is 2.24 bits per heavy atom. The van der Waals surface area contributed by atoms with Crippen molar-refractivity contribution in [3.05, 3.63) is 18.0 Å². The van der Waals surface area contributed by atoms with Crippen LogP contribution in [0, 0.1) is 0 Å². The Morgan fingerprint density at radius 1 is 1.41 bits per heavy atom. The Kier molecular flexibility index (Phi) is 2.46. The molecule has 0 saturated carbocycles. The largest absolute Gasteiger partial charge is 0.433 e. The third-order valence-corrected chi connectivity index (χ3v) is 4.48. The molecule has 0 spiro atoms. The number of hydrogen-bond donors (Lipinski definition) is 0. The summed E-state index contributed by atoms with van der Waals surface area (Å²) in [6.45, 7) is 0.761. The van der Waals surface area contributed by atoms with Gasteiger partial charge in [0.05, 0.1) is 0 Å². The molecule has 7 heteroatoms. The van der Waals surface area contributed by atoms with Gasteiger partial charge in [-0.2, -0.15) is 24.9 Å². The number of aromatic nitrogens is 2. The molecule has 1 aromatic rings. The normalized spacial score (nSPS) is 27.8. The SMILES string of the molecule is FC(F)(F)c1ccnc(N2C[C@H]3C[C@H]2CS3)n1. The van der Waals surface area contributed by atoms with Gasteiger partial charge in [0, 0.05) is 29.8 Å². The Labute approximate surface area is 100 Å². The van der Waals surface area contributed by atoms with Crippen molar-refractivity contribution in [3.63, 3.8) is 0 Å². The summed E-state index contributed by atoms with van der Waals surface area (Å²) in [4.78, 5) is 9.48. The minimum Gasteiger partial charge on any atom is -0.336 e. The third kappa shape index (κ3) is 1.96. The summed E-state index contributed by atoms with van der Waals surface area (Å²) in [5, 5.41) is 0.526. The van der Waals surface area contributed by atoms with Crippen molar-refractivity contribution in [2.24, 2.45) is 0 Å². The lowest BCUT2D eigenvalue weighted by atomic mass is 10.2. The van der Waals surface area contributed by atoms with Gasteiger partial charge in [0.25, 0.3) is 0 Å². The molecule has 0 N–H and O–H groups in total. The second kappa shape index (κ2) is 3.76. The van der Waals surface area contributed by atoms with Crippen LogP contribution in [0.5, 0.6) is 0 Å². The number of hydrogen-bond acceptors (Lipinski definition) is 4. The van der Waals surface area contributed by atoms with Crippen LogP contribution in [0.1, 0.15) is 12.1 Å². The molecule has 3 heterocycles. The molecule has 2 aliphatic rings. The molecule has 17 heavy (non-hydrogen) atoms. The molecule has 2 bridgehead atoms. The molecule has 0 aliphatic carbocycles. The monoisotopic (exact) mass is 261 g/mol. The quantitative estimate of drug-likeness (QED) is 0.775. The molecule has 0 radical (unpaired) electrons. The molecule has 2 atom stereocenters. The van der Waals surface area contributed by atoms with E-state index in [1.165, 1.54) is 6.20 Å². The van der Waals surface area contributed by atoms with Crippen molar-refractivity contribution in [1.82, 2.24) is 9.97 Å². The lowest BCUT2D eigenvalue weighted by Crippen LogP contribution is -2.35. The van der Waals surface area contributed by atoms with Gasteiger partial charge >= 0.3 is 6.18 Å². The zero-order valence-electron chi connectivity index (χ0n) is 8.81. The molecule has 3 rings (SSSR count). The maximum atomic E-state index is 12.5. The highest BCUT2D eigenvalue weighted by molar-refractivity contribution is 8.00. The van der Waals surface area contributed by atoms with Gasteiger partial charge in [-0.3, -0.25) is 0 Å². The van der Waals surface area contributed by atoms with E-state index in [2.05, 4.69) is 9.97 Å². The molecule has 2 fully saturated rings. The van der Waals surface area contributed by atoms with Crippen LogP contribution in [0.4, 0.5) is 19.1 Å². The molecule has 0 unspecified atom stereocenters. The molecular formula is C10H10F3N3S. The van der Waals surface area contributed by atoms with E-state index in [9.17, 15) is 13.2 Å². The van der Waals surface area contributed by atoms with Crippen molar-refractivity contribution in [1.29, 1.82) is 0 Å². The third-order valence-electron chi connectivity index (χ3n) is 3.09. The van der Waals surface area contributed by atoms with E-state index < -0.39 is 11.9 Å². The van der Waals surface area contributed by atoms with Crippen LogP contribution in [-0.4, -0.2) is 33.6 Å². The average Bonchev–Trinajstić information content (AvgIpc) is 2.89. The van der Waals surface area contributed by atoms with E-state index in [-0.39, 0.29) is 5.95 Å². The predicted molar refractivity (Wildman–Crippen MR) is 59.0 cm³/mol. The highest BCUT2D eigenvalue weighted by Crippen LogP contribution is 2.39. The van der Waals surface area contributed by atoms with Gasteiger partial charge in [-0.05, 0) is 12.5 Å². The number of rotatable bonds is 1. The summed E-state index contributed by atoms with van der Waals surface area (Å²) in [7, 11) is 0. The number of fused-ring (bicyclic) bond motifs is 2. The van der Waals surface area contributed by atoms with Crippen LogP contribution in [0.2, 0.25) is 0 Å². The van der Waals surface area contributed by atoms with E-state index in [4.69, 9.17) is 0 Å². The van der Waals surface area contributed by atoms with Gasteiger partial charge in [0.15, 0.2) is 0 Å². The fraction of sp³-hybridized carbons (Fsp3) is 0.600. The first-order chi connectivity index (χ1) is 8.04. The Morgan fingerprint density at radius 3 is 2.82 bits per heavy atom. The van der Waals surface area contributed by atoms with Gasteiger partial charge in [-0.15, -0.1) is 0 Å². The molecule has 1 aromatic heterocycles. The van der Waals surface area contributed by atoms with Crippen molar-refractivity contribution >= 4 is 17.7 Å². The summed E-state index contributed by atoms with van der Waals surface area (Å²) in [6.07, 6.45) is -2.18. The molecule has 2 aliphatic heterocycles. The average molecular weight is 261 g/mol. The number of thioether (sulfide) groups is 1. The lowest BCUT2D eigenvalue weighted by molar-refractivity contribution is -0.141. The fourth-order valence-corrected chi connectivity index (χ4v) is 3.72. The first-order valence-electron chi connectivity index (χ1n) is 5.32. The summed E-state index contributed by atoms with van der Waals surface area (Å²) in [5.74, 6) is 1.18. The second-order valence-electron chi connectivity index (χ2n) is 4.24. The minimum absolute atomic E-state index is 0.215. The maximum Gasteiger partial charge on any atom is 0.433 e. The van der Waals surface area contributed by atoms with E-state index in [1.807, 2.05) is 16.7 Å². The summed E-state index contributed by atoms with van der Waals surface area (Å²) < 4.78 is 37.6. The number of halogens is 3. The van der Waals surface area contributed by atoms with E-state index in [0.29, 0.717) is 11.3 Å². The van der Waals surface area contributed by atoms with Gasteiger partial charge in [-0.1, -0.05) is 0 Å². The standard InChI is InChI=1S/C10H10F3N3S/c11-10(12,13)8-1-2-14-9(15-8)16-4-7-3-6(16)5-17-7/h1-2,6-7H,3-5H2/t6-,7+/m0/s1. The minimum atomic E-state index is -4.40. The molecule has 0 amide bonds. The van der Waals surface area contributed by atoms with Crippen LogP contribution >= 0.6 is 11.8 Å². The van der Waals surface area contributed by atoms with Gasteiger partial charge in [0.1, 0.15) is 5.69 Å². The van der Waals surface area contributed by atoms with Crippen molar-refractivity contribution in [2.45, 2.75) is 23.9 Å². The van der Waals surface area contributed by atoms with Crippen LogP contribution in [-0.2, 0) is 6.18 Å².